The molecular weight excluding hydrogens is 390 g/mol. The molecule has 0 radical (unpaired) electrons. The minimum Gasteiger partial charge on any atom is -0.341 e. The molecule has 0 amide bonds. The van der Waals surface area contributed by atoms with Crippen molar-refractivity contribution in [2.24, 2.45) is 4.99 Å². The molecule has 1 aliphatic rings. The summed E-state index contributed by atoms with van der Waals surface area (Å²) in [4.78, 5) is 6.71. The second-order valence-corrected chi connectivity index (χ2v) is 7.58. The van der Waals surface area contributed by atoms with E-state index >= 15 is 0 Å². The predicted molar refractivity (Wildman–Crippen MR) is 139 cm³/mol. The highest BCUT2D eigenvalue weighted by Crippen LogP contribution is 2.25. The molecule has 0 aliphatic carbocycles. The van der Waals surface area contributed by atoms with Crippen LogP contribution >= 0.6 is 0 Å². The lowest BCUT2D eigenvalue weighted by molar-refractivity contribution is 1.10. The van der Waals surface area contributed by atoms with Gasteiger partial charge in [-0.2, -0.15) is 0 Å². The number of benzene rings is 3. The average Bonchev–Trinajstić information content (AvgIpc) is 3.36. The first-order valence-corrected chi connectivity index (χ1v) is 11.2. The second-order valence-electron chi connectivity index (χ2n) is 7.58. The number of aliphatic imine (C=N–C) groups is 1. The molecule has 3 heteroatoms. The third kappa shape index (κ3) is 5.64. The Morgan fingerprint density at radius 3 is 2.12 bits per heavy atom. The molecule has 0 saturated heterocycles. The van der Waals surface area contributed by atoms with Gasteiger partial charge in [0.05, 0.1) is 6.54 Å². The Hall–Kier alpha value is -3.85. The standard InChI is InChI=1S/C29H29N3/c1-2-11-24(25-18-20-26(21-19-25)31-29-17-9-22-30-29)12-10-23-32(27-13-5-3-6-14-27)28-15-7-4-8-16-28/h3-21H,2,22-23H2,1H3,(H,30,31)/b12-10-,24-11+. The van der Waals surface area contributed by atoms with Crippen molar-refractivity contribution >= 4 is 28.5 Å². The summed E-state index contributed by atoms with van der Waals surface area (Å²) in [7, 11) is 0. The molecule has 0 atom stereocenters. The van der Waals surface area contributed by atoms with Crippen molar-refractivity contribution in [3.05, 3.63) is 121 Å². The normalized spacial score (nSPS) is 13.4. The van der Waals surface area contributed by atoms with Crippen molar-refractivity contribution in [1.82, 2.24) is 0 Å². The zero-order chi connectivity index (χ0) is 22.0. The first-order chi connectivity index (χ1) is 15.8. The molecule has 1 aliphatic heterocycles. The van der Waals surface area contributed by atoms with Crippen LogP contribution in [-0.4, -0.2) is 18.9 Å². The van der Waals surface area contributed by atoms with Gasteiger partial charge in [-0.05, 0) is 60.0 Å². The summed E-state index contributed by atoms with van der Waals surface area (Å²) in [5, 5.41) is 3.35. The number of nitrogens with one attached hydrogen (secondary N) is 1. The summed E-state index contributed by atoms with van der Waals surface area (Å²) < 4.78 is 0. The minimum absolute atomic E-state index is 0.761. The van der Waals surface area contributed by atoms with E-state index in [1.165, 1.54) is 22.5 Å². The van der Waals surface area contributed by atoms with Crippen LogP contribution in [0.2, 0.25) is 0 Å². The number of allylic oxidation sites excluding steroid dienone is 3. The van der Waals surface area contributed by atoms with Crippen LogP contribution in [-0.2, 0) is 0 Å². The maximum atomic E-state index is 4.39. The third-order valence-electron chi connectivity index (χ3n) is 5.28. The smallest absolute Gasteiger partial charge is 0.125 e. The van der Waals surface area contributed by atoms with Gasteiger partial charge in [-0.25, -0.2) is 0 Å². The van der Waals surface area contributed by atoms with E-state index < -0.39 is 0 Å². The summed E-state index contributed by atoms with van der Waals surface area (Å²) in [6, 6.07) is 29.6. The fourth-order valence-corrected chi connectivity index (χ4v) is 3.71. The van der Waals surface area contributed by atoms with Gasteiger partial charge in [0.2, 0.25) is 0 Å². The lowest BCUT2D eigenvalue weighted by Gasteiger charge is -2.23. The largest absolute Gasteiger partial charge is 0.341 e. The number of anilines is 3. The van der Waals surface area contributed by atoms with Crippen LogP contribution in [0.4, 0.5) is 17.1 Å². The Bertz CT molecular complexity index is 1070. The van der Waals surface area contributed by atoms with Gasteiger partial charge in [0.25, 0.3) is 0 Å². The minimum atomic E-state index is 0.761. The summed E-state index contributed by atoms with van der Waals surface area (Å²) in [5.74, 6) is 0.920. The van der Waals surface area contributed by atoms with Crippen LogP contribution in [0.3, 0.4) is 0 Å². The van der Waals surface area contributed by atoms with E-state index in [1.54, 1.807) is 0 Å². The van der Waals surface area contributed by atoms with Crippen molar-refractivity contribution in [2.75, 3.05) is 23.3 Å². The fourth-order valence-electron chi connectivity index (χ4n) is 3.71. The molecule has 3 aromatic carbocycles. The van der Waals surface area contributed by atoms with E-state index in [4.69, 9.17) is 0 Å². The maximum Gasteiger partial charge on any atom is 0.125 e. The molecule has 4 rings (SSSR count). The molecule has 0 saturated carbocycles. The molecule has 0 fully saturated rings. The van der Waals surface area contributed by atoms with E-state index in [0.717, 1.165) is 31.0 Å². The Labute approximate surface area is 191 Å². The monoisotopic (exact) mass is 419 g/mol. The third-order valence-corrected chi connectivity index (χ3v) is 5.28. The summed E-state index contributed by atoms with van der Waals surface area (Å²) in [5.41, 5.74) is 5.87. The molecular formula is C29H29N3. The zero-order valence-electron chi connectivity index (χ0n) is 18.5. The van der Waals surface area contributed by atoms with Gasteiger partial charge >= 0.3 is 0 Å². The Kier molecular flexibility index (Phi) is 7.33. The lowest BCUT2D eigenvalue weighted by Crippen LogP contribution is -2.16. The van der Waals surface area contributed by atoms with Gasteiger partial charge < -0.3 is 10.2 Å². The van der Waals surface area contributed by atoms with Crippen molar-refractivity contribution in [3.8, 4) is 0 Å². The maximum absolute atomic E-state index is 4.39. The second kappa shape index (κ2) is 11.0. The number of para-hydroxylation sites is 2. The number of hydrogen-bond donors (Lipinski definition) is 1. The van der Waals surface area contributed by atoms with Crippen LogP contribution in [0.1, 0.15) is 18.9 Å². The summed E-state index contributed by atoms with van der Waals surface area (Å²) in [6.45, 7) is 3.73. The summed E-state index contributed by atoms with van der Waals surface area (Å²) >= 11 is 0. The zero-order valence-corrected chi connectivity index (χ0v) is 18.5. The number of nitrogens with zero attached hydrogens (tertiary/aromatic N) is 2. The van der Waals surface area contributed by atoms with E-state index in [9.17, 15) is 0 Å². The van der Waals surface area contributed by atoms with Crippen molar-refractivity contribution in [3.63, 3.8) is 0 Å². The van der Waals surface area contributed by atoms with Gasteiger partial charge in [0.15, 0.2) is 0 Å². The van der Waals surface area contributed by atoms with Crippen LogP contribution in [0, 0.1) is 0 Å². The first-order valence-electron chi connectivity index (χ1n) is 11.2. The summed E-state index contributed by atoms with van der Waals surface area (Å²) in [6.07, 6.45) is 11.8. The SMILES string of the molecule is CC/C=C(\C=C/CN(c1ccccc1)c1ccccc1)c1ccc(NC2=NCC=C2)cc1. The molecule has 0 bridgehead atoms. The Morgan fingerprint density at radius 2 is 1.56 bits per heavy atom. The van der Waals surface area contributed by atoms with Gasteiger partial charge in [0, 0.05) is 23.6 Å². The van der Waals surface area contributed by atoms with Crippen LogP contribution in [0.15, 0.2) is 120 Å². The van der Waals surface area contributed by atoms with Crippen molar-refractivity contribution in [1.29, 1.82) is 0 Å². The molecule has 0 unspecified atom stereocenters. The first kappa shape index (κ1) is 21.4. The Morgan fingerprint density at radius 1 is 0.906 bits per heavy atom. The molecule has 160 valence electrons. The Balaban J connectivity index is 1.50. The molecule has 0 spiro atoms. The molecule has 3 aromatic rings. The van der Waals surface area contributed by atoms with Crippen molar-refractivity contribution in [2.45, 2.75) is 13.3 Å². The van der Waals surface area contributed by atoms with E-state index in [0.29, 0.717) is 0 Å². The van der Waals surface area contributed by atoms with Crippen LogP contribution < -0.4 is 10.2 Å². The van der Waals surface area contributed by atoms with Gasteiger partial charge in [-0.3, -0.25) is 4.99 Å². The fraction of sp³-hybridized carbons (Fsp3) is 0.138. The average molecular weight is 420 g/mol. The predicted octanol–water partition coefficient (Wildman–Crippen LogP) is 7.25. The lowest BCUT2D eigenvalue weighted by atomic mass is 10.0. The molecule has 1 N–H and O–H groups in total. The van der Waals surface area contributed by atoms with E-state index in [2.05, 4.69) is 131 Å². The number of hydrogen-bond acceptors (Lipinski definition) is 3. The molecule has 32 heavy (non-hydrogen) atoms. The number of rotatable bonds is 8. The molecule has 1 heterocycles. The highest BCUT2D eigenvalue weighted by molar-refractivity contribution is 6.05. The molecule has 0 aromatic heterocycles. The van der Waals surface area contributed by atoms with Crippen molar-refractivity contribution < 1.29 is 0 Å². The van der Waals surface area contributed by atoms with Gasteiger partial charge in [-0.1, -0.05) is 79.8 Å². The van der Waals surface area contributed by atoms with Gasteiger partial charge in [0.1, 0.15) is 5.84 Å². The highest BCUT2D eigenvalue weighted by Gasteiger charge is 2.07. The highest BCUT2D eigenvalue weighted by atomic mass is 15.1. The topological polar surface area (TPSA) is 27.6 Å². The van der Waals surface area contributed by atoms with E-state index in [1.807, 2.05) is 6.08 Å². The molecule has 3 nitrogen and oxygen atoms in total. The number of amidine groups is 1. The van der Waals surface area contributed by atoms with Crippen LogP contribution in [0.25, 0.3) is 5.57 Å². The van der Waals surface area contributed by atoms with Crippen LogP contribution in [0.5, 0.6) is 0 Å². The van der Waals surface area contributed by atoms with E-state index in [-0.39, 0.29) is 0 Å². The van der Waals surface area contributed by atoms with Gasteiger partial charge in [-0.15, -0.1) is 0 Å². The quantitative estimate of drug-likeness (QED) is 0.389.